The van der Waals surface area contributed by atoms with Crippen molar-refractivity contribution in [2.24, 2.45) is 0 Å². The molecule has 0 bridgehead atoms. The van der Waals surface area contributed by atoms with Gasteiger partial charge >= 0.3 is 0 Å². The van der Waals surface area contributed by atoms with E-state index >= 15 is 0 Å². The van der Waals surface area contributed by atoms with Gasteiger partial charge < -0.3 is 5.11 Å². The summed E-state index contributed by atoms with van der Waals surface area (Å²) in [6.07, 6.45) is 0. The van der Waals surface area contributed by atoms with Gasteiger partial charge in [-0.1, -0.05) is 0 Å². The molecule has 0 aliphatic carbocycles. The third-order valence-electron chi connectivity index (χ3n) is 2.88. The first kappa shape index (κ1) is 15.1. The van der Waals surface area contributed by atoms with Crippen molar-refractivity contribution in [3.8, 4) is 6.07 Å². The van der Waals surface area contributed by atoms with Crippen molar-refractivity contribution in [3.05, 3.63) is 17.0 Å². The predicted molar refractivity (Wildman–Crippen MR) is 69.7 cm³/mol. The Morgan fingerprint density at radius 1 is 1.33 bits per heavy atom. The summed E-state index contributed by atoms with van der Waals surface area (Å²) in [7, 11) is -3.73. The molecule has 0 saturated carbocycles. The van der Waals surface area contributed by atoms with Gasteiger partial charge in [0.2, 0.25) is 0 Å². The second-order valence-electron chi connectivity index (χ2n) is 5.02. The van der Waals surface area contributed by atoms with E-state index in [1.807, 2.05) is 6.07 Å². The smallest absolute Gasteiger partial charge is 0.250 e. The number of thiophene rings is 1. The summed E-state index contributed by atoms with van der Waals surface area (Å²) in [6, 6.07) is 4.73. The Morgan fingerprint density at radius 3 is 2.28 bits per heavy atom. The highest BCUT2D eigenvalue weighted by molar-refractivity contribution is 7.91. The van der Waals surface area contributed by atoms with Gasteiger partial charge in [0, 0.05) is 0 Å². The first-order valence-corrected chi connectivity index (χ1v) is 7.56. The number of nitrogens with zero attached hydrogens (tertiary/aromatic N) is 1. The molecule has 1 heterocycles. The SMILES string of the molecule is CC(C)(O)C(C)(C)NS(=O)(=O)c1ccc(C#N)s1. The molecule has 0 saturated heterocycles. The molecule has 0 spiro atoms. The van der Waals surface area contributed by atoms with Crippen LogP contribution in [-0.4, -0.2) is 24.7 Å². The fraction of sp³-hybridized carbons (Fsp3) is 0.545. The molecule has 1 aromatic heterocycles. The summed E-state index contributed by atoms with van der Waals surface area (Å²) in [5.41, 5.74) is -2.24. The highest BCUT2D eigenvalue weighted by Crippen LogP contribution is 2.26. The van der Waals surface area contributed by atoms with Crippen LogP contribution in [0.4, 0.5) is 0 Å². The number of nitrogens with one attached hydrogen (secondary N) is 1. The van der Waals surface area contributed by atoms with Gasteiger partial charge in [0.05, 0.1) is 11.1 Å². The van der Waals surface area contributed by atoms with Crippen LogP contribution in [0.25, 0.3) is 0 Å². The summed E-state index contributed by atoms with van der Waals surface area (Å²) >= 11 is 0.898. The second kappa shape index (κ2) is 4.63. The fourth-order valence-corrected chi connectivity index (χ4v) is 3.67. The minimum absolute atomic E-state index is 0.0661. The monoisotopic (exact) mass is 288 g/mol. The lowest BCUT2D eigenvalue weighted by Crippen LogP contribution is -2.57. The van der Waals surface area contributed by atoms with Crippen LogP contribution in [0.15, 0.2) is 16.3 Å². The first-order chi connectivity index (χ1) is 7.99. The quantitative estimate of drug-likeness (QED) is 0.877. The van der Waals surface area contributed by atoms with Crippen molar-refractivity contribution in [1.82, 2.24) is 4.72 Å². The zero-order valence-corrected chi connectivity index (χ0v) is 12.3. The minimum Gasteiger partial charge on any atom is -0.389 e. The molecular formula is C11H16N2O3S2. The fourth-order valence-electron chi connectivity index (χ4n) is 1.04. The molecule has 0 atom stereocenters. The summed E-state index contributed by atoms with van der Waals surface area (Å²) in [5.74, 6) is 0. The predicted octanol–water partition coefficient (Wildman–Crippen LogP) is 1.45. The van der Waals surface area contributed by atoms with Gasteiger partial charge in [-0.15, -0.1) is 11.3 Å². The molecule has 1 aromatic rings. The van der Waals surface area contributed by atoms with Crippen LogP contribution in [0.2, 0.25) is 0 Å². The topological polar surface area (TPSA) is 90.2 Å². The molecule has 0 aliphatic heterocycles. The van der Waals surface area contributed by atoms with Gasteiger partial charge in [-0.3, -0.25) is 0 Å². The molecule has 7 heteroatoms. The highest BCUT2D eigenvalue weighted by atomic mass is 32.2. The molecule has 5 nitrogen and oxygen atoms in total. The number of sulfonamides is 1. The van der Waals surface area contributed by atoms with E-state index in [0.29, 0.717) is 4.88 Å². The summed E-state index contributed by atoms with van der Waals surface area (Å²) < 4.78 is 26.7. The molecule has 0 amide bonds. The molecule has 0 aliphatic rings. The summed E-state index contributed by atoms with van der Waals surface area (Å²) in [4.78, 5) is 0.330. The summed E-state index contributed by atoms with van der Waals surface area (Å²) in [6.45, 7) is 6.27. The maximum Gasteiger partial charge on any atom is 0.250 e. The van der Waals surface area contributed by atoms with Gasteiger partial charge in [0.1, 0.15) is 15.2 Å². The van der Waals surface area contributed by atoms with Crippen LogP contribution in [0, 0.1) is 11.3 Å². The number of nitriles is 1. The maximum atomic E-state index is 12.1. The van der Waals surface area contributed by atoms with Crippen molar-refractivity contribution in [3.63, 3.8) is 0 Å². The Labute approximate surface area is 111 Å². The maximum absolute atomic E-state index is 12.1. The van der Waals surface area contributed by atoms with Crippen LogP contribution in [0.5, 0.6) is 0 Å². The lowest BCUT2D eigenvalue weighted by Gasteiger charge is -2.37. The normalized spacial score (nSPS) is 13.3. The van der Waals surface area contributed by atoms with Gasteiger partial charge in [-0.25, -0.2) is 13.1 Å². The first-order valence-electron chi connectivity index (χ1n) is 5.26. The van der Waals surface area contributed by atoms with Gasteiger partial charge in [0.15, 0.2) is 0 Å². The Bertz CT molecular complexity index is 574. The highest BCUT2D eigenvalue weighted by Gasteiger charge is 2.39. The van der Waals surface area contributed by atoms with Crippen LogP contribution < -0.4 is 4.72 Å². The Morgan fingerprint density at radius 2 is 1.89 bits per heavy atom. The average molecular weight is 288 g/mol. The molecule has 2 N–H and O–H groups in total. The van der Waals surface area contributed by atoms with E-state index in [2.05, 4.69) is 4.72 Å². The minimum atomic E-state index is -3.73. The molecule has 0 radical (unpaired) electrons. The van der Waals surface area contributed by atoms with Gasteiger partial charge in [-0.05, 0) is 39.8 Å². The van der Waals surface area contributed by atoms with E-state index in [9.17, 15) is 13.5 Å². The molecule has 100 valence electrons. The molecular weight excluding hydrogens is 272 g/mol. The van der Waals surface area contributed by atoms with E-state index in [1.54, 1.807) is 13.8 Å². The number of aliphatic hydroxyl groups is 1. The van der Waals surface area contributed by atoms with Crippen LogP contribution >= 0.6 is 11.3 Å². The van der Waals surface area contributed by atoms with Crippen molar-refractivity contribution in [2.45, 2.75) is 43.0 Å². The lowest BCUT2D eigenvalue weighted by atomic mass is 9.87. The summed E-state index contributed by atoms with van der Waals surface area (Å²) in [5, 5.41) is 18.6. The van der Waals surface area contributed by atoms with E-state index in [-0.39, 0.29) is 4.21 Å². The zero-order chi connectivity index (χ0) is 14.2. The molecule has 1 rings (SSSR count). The third-order valence-corrected chi connectivity index (χ3v) is 6.01. The van der Waals surface area contributed by atoms with Crippen molar-refractivity contribution in [2.75, 3.05) is 0 Å². The van der Waals surface area contributed by atoms with Crippen molar-refractivity contribution >= 4 is 21.4 Å². The lowest BCUT2D eigenvalue weighted by molar-refractivity contribution is 0.00641. The Balaban J connectivity index is 3.07. The third kappa shape index (κ3) is 3.09. The second-order valence-corrected chi connectivity index (χ2v) is 8.01. The van der Waals surface area contributed by atoms with Crippen molar-refractivity contribution in [1.29, 1.82) is 5.26 Å². The van der Waals surface area contributed by atoms with Crippen LogP contribution in [0.1, 0.15) is 32.6 Å². The molecule has 0 fully saturated rings. The Hall–Kier alpha value is -0.940. The molecule has 0 unspecified atom stereocenters. The van der Waals surface area contributed by atoms with Crippen molar-refractivity contribution < 1.29 is 13.5 Å². The van der Waals surface area contributed by atoms with E-state index in [1.165, 1.54) is 26.0 Å². The van der Waals surface area contributed by atoms with Crippen LogP contribution in [-0.2, 0) is 10.0 Å². The number of rotatable bonds is 4. The standard InChI is InChI=1S/C11H16N2O3S2/c1-10(2,11(3,4)14)13-18(15,16)9-6-5-8(7-12)17-9/h5-6,13-14H,1-4H3. The van der Waals surface area contributed by atoms with Gasteiger partial charge in [-0.2, -0.15) is 5.26 Å². The largest absolute Gasteiger partial charge is 0.389 e. The molecule has 0 aromatic carbocycles. The Kier molecular flexibility index (Phi) is 3.89. The average Bonchev–Trinajstić information content (AvgIpc) is 2.62. The zero-order valence-electron chi connectivity index (χ0n) is 10.7. The van der Waals surface area contributed by atoms with E-state index in [4.69, 9.17) is 5.26 Å². The molecule has 18 heavy (non-hydrogen) atoms. The number of hydrogen-bond donors (Lipinski definition) is 2. The van der Waals surface area contributed by atoms with E-state index < -0.39 is 21.2 Å². The number of hydrogen-bond acceptors (Lipinski definition) is 5. The van der Waals surface area contributed by atoms with Crippen LogP contribution in [0.3, 0.4) is 0 Å². The van der Waals surface area contributed by atoms with E-state index in [0.717, 1.165) is 11.3 Å². The van der Waals surface area contributed by atoms with Gasteiger partial charge in [0.25, 0.3) is 10.0 Å².